The normalized spacial score (nSPS) is 14.9. The highest BCUT2D eigenvalue weighted by molar-refractivity contribution is 5.35. The molecule has 4 N–H and O–H groups in total. The van der Waals surface area contributed by atoms with Crippen molar-refractivity contribution >= 4 is 0 Å². The molecule has 0 aromatic heterocycles. The maximum atomic E-state index is 7.00. The highest BCUT2D eigenvalue weighted by Gasteiger charge is 2.32. The van der Waals surface area contributed by atoms with Crippen molar-refractivity contribution in [2.75, 3.05) is 28.4 Å². The van der Waals surface area contributed by atoms with Gasteiger partial charge in [-0.05, 0) is 224 Å². The zero-order valence-corrected chi connectivity index (χ0v) is 54.1. The van der Waals surface area contributed by atoms with Gasteiger partial charge in [0.15, 0.2) is 0 Å². The Bertz CT molecular complexity index is 1970. The highest BCUT2D eigenvalue weighted by Crippen LogP contribution is 2.38. The molecule has 0 spiro atoms. The summed E-state index contributed by atoms with van der Waals surface area (Å²) in [6, 6.07) is 34.4. The Kier molecular flexibility index (Phi) is 38.3. The maximum Gasteiger partial charge on any atom is 0.120 e. The lowest BCUT2D eigenvalue weighted by atomic mass is 9.82. The molecule has 0 saturated heterocycles. The van der Waals surface area contributed by atoms with Crippen LogP contribution in [0.3, 0.4) is 0 Å². The first-order valence-corrected chi connectivity index (χ1v) is 29.9. The van der Waals surface area contributed by atoms with E-state index in [0.29, 0.717) is 11.8 Å². The number of aliphatic hydroxyl groups excluding tert-OH is 4. The van der Waals surface area contributed by atoms with Gasteiger partial charge in [0.2, 0.25) is 0 Å². The Labute approximate surface area is 480 Å². The molecule has 2 aliphatic carbocycles. The van der Waals surface area contributed by atoms with Crippen molar-refractivity contribution in [2.45, 2.75) is 272 Å². The van der Waals surface area contributed by atoms with Crippen LogP contribution in [0.2, 0.25) is 0 Å². The molecule has 2 unspecified atom stereocenters. The van der Waals surface area contributed by atoms with Crippen LogP contribution >= 0.6 is 0 Å². The molecular weight excluding hydrogens is 969 g/mol. The molecule has 4 aromatic carbocycles. The number of rotatable bonds is 20. The first kappa shape index (κ1) is 76.0. The number of ether oxygens (including phenoxy) is 4. The lowest BCUT2D eigenvalue weighted by Crippen LogP contribution is -2.30. The highest BCUT2D eigenvalue weighted by atomic mass is 16.5. The van der Waals surface area contributed by atoms with E-state index in [2.05, 4.69) is 222 Å². The van der Waals surface area contributed by atoms with Crippen molar-refractivity contribution < 1.29 is 39.4 Å². The fourth-order valence-corrected chi connectivity index (χ4v) is 8.99. The van der Waals surface area contributed by atoms with Gasteiger partial charge in [-0.2, -0.15) is 0 Å². The Balaban J connectivity index is 0. The van der Waals surface area contributed by atoms with E-state index in [-0.39, 0.29) is 33.2 Å². The molecule has 448 valence electrons. The van der Waals surface area contributed by atoms with Crippen LogP contribution in [0.1, 0.15) is 261 Å². The summed E-state index contributed by atoms with van der Waals surface area (Å²) in [6.45, 7) is 40.2. The first-order chi connectivity index (χ1) is 37.0. The van der Waals surface area contributed by atoms with E-state index in [1.807, 2.05) is 0 Å². The first-order valence-electron chi connectivity index (χ1n) is 29.9. The van der Waals surface area contributed by atoms with Crippen LogP contribution in [0.25, 0.3) is 0 Å². The number of aliphatic hydroxyl groups is 4. The van der Waals surface area contributed by atoms with Crippen LogP contribution in [-0.4, -0.2) is 71.3 Å². The third kappa shape index (κ3) is 26.9. The van der Waals surface area contributed by atoms with Gasteiger partial charge in [-0.3, -0.25) is 0 Å². The molecule has 6 rings (SSSR count). The van der Waals surface area contributed by atoms with Crippen molar-refractivity contribution in [2.24, 2.45) is 0 Å². The van der Waals surface area contributed by atoms with Gasteiger partial charge in [-0.1, -0.05) is 145 Å². The van der Waals surface area contributed by atoms with Gasteiger partial charge in [0.05, 0.1) is 0 Å². The van der Waals surface area contributed by atoms with Gasteiger partial charge in [-0.15, -0.1) is 0 Å². The summed E-state index contributed by atoms with van der Waals surface area (Å²) in [5.74, 6) is 5.32. The molecule has 2 saturated carbocycles. The molecule has 2 aliphatic rings. The zero-order chi connectivity index (χ0) is 60.2. The second-order valence-corrected chi connectivity index (χ2v) is 23.3. The monoisotopic (exact) mass is 1090 g/mol. The van der Waals surface area contributed by atoms with Gasteiger partial charge < -0.3 is 39.4 Å². The van der Waals surface area contributed by atoms with E-state index in [1.165, 1.54) is 86.5 Å². The summed E-state index contributed by atoms with van der Waals surface area (Å²) >= 11 is 0. The standard InChI is InChI=1S/C17H26O.C17H28O.C16H24O.C16H26O.4CH4O/c1-5-16(2,3)14-9-8-10-15(13-14)18-17(4)11-6-7-12-17;1-7-16(4,5)14-11-10-12-15(13-14)18-17(6,8-2)9-3;1-4-13(2)14-8-7-9-15(12-14)17-16(3)10-5-6-11-16;1-6-13(4)14-10-9-11-15(12-14)17-16(5,7-2)8-3;4*1-2/h8-10,13H,5-7,11-12H2,1-4H3;10-13H,7-9H2,1-6H3;7-9,12-13H,4-6,10-11H2,1-3H3;9-13H,6-8H2,1-5H3;4*2H,1H3. The molecule has 0 amide bonds. The van der Waals surface area contributed by atoms with Crippen molar-refractivity contribution in [1.29, 1.82) is 0 Å². The van der Waals surface area contributed by atoms with Crippen molar-refractivity contribution in [3.8, 4) is 23.0 Å². The number of hydrogen-bond donors (Lipinski definition) is 4. The average molecular weight is 1090 g/mol. The van der Waals surface area contributed by atoms with Gasteiger partial charge in [0, 0.05) is 28.4 Å². The van der Waals surface area contributed by atoms with Gasteiger partial charge >= 0.3 is 0 Å². The number of hydrogen-bond acceptors (Lipinski definition) is 8. The van der Waals surface area contributed by atoms with E-state index in [0.717, 1.165) is 90.0 Å². The Hall–Kier alpha value is -4.08. The Morgan fingerprint density at radius 2 is 0.667 bits per heavy atom. The second-order valence-electron chi connectivity index (χ2n) is 23.3. The minimum absolute atomic E-state index is 0.0337. The summed E-state index contributed by atoms with van der Waals surface area (Å²) in [5.41, 5.74) is 6.02. The average Bonchev–Trinajstić information content (AvgIpc) is 4.12. The predicted octanol–water partition coefficient (Wildman–Crippen LogP) is 18.9. The van der Waals surface area contributed by atoms with E-state index in [4.69, 9.17) is 39.4 Å². The quantitative estimate of drug-likeness (QED) is 0.0691. The SMILES string of the molecule is CCC(C)(C)c1cccc(OC2(C)CCCC2)c1.CCC(C)(CC)Oc1cccc(C(C)(C)CC)c1.CCC(C)c1cccc(OC(C)(CC)CC)c1.CCC(C)c1cccc(OC2(C)CCCC2)c1.CO.CO.CO.CO. The summed E-state index contributed by atoms with van der Waals surface area (Å²) in [7, 11) is 4.00. The second kappa shape index (κ2) is 39.3. The van der Waals surface area contributed by atoms with E-state index in [1.54, 1.807) is 0 Å². The molecular formula is C70H120O8. The third-order valence-corrected chi connectivity index (χ3v) is 16.8. The summed E-state index contributed by atoms with van der Waals surface area (Å²) in [5, 5.41) is 28.0. The topological polar surface area (TPSA) is 118 Å². The van der Waals surface area contributed by atoms with Crippen molar-refractivity contribution in [3.63, 3.8) is 0 Å². The van der Waals surface area contributed by atoms with E-state index in [9.17, 15) is 0 Å². The lowest BCUT2D eigenvalue weighted by molar-refractivity contribution is 0.0798. The Morgan fingerprint density at radius 1 is 0.397 bits per heavy atom. The molecule has 0 radical (unpaired) electrons. The summed E-state index contributed by atoms with van der Waals surface area (Å²) in [4.78, 5) is 0. The fourth-order valence-electron chi connectivity index (χ4n) is 8.99. The third-order valence-electron chi connectivity index (χ3n) is 16.8. The van der Waals surface area contributed by atoms with Crippen molar-refractivity contribution in [1.82, 2.24) is 0 Å². The van der Waals surface area contributed by atoms with Gasteiger partial charge in [-0.25, -0.2) is 0 Å². The molecule has 8 heteroatoms. The lowest BCUT2D eigenvalue weighted by Gasteiger charge is -2.30. The van der Waals surface area contributed by atoms with Crippen LogP contribution in [0.4, 0.5) is 0 Å². The van der Waals surface area contributed by atoms with Crippen LogP contribution < -0.4 is 18.9 Å². The minimum Gasteiger partial charge on any atom is -0.488 e. The molecule has 0 heterocycles. The summed E-state index contributed by atoms with van der Waals surface area (Å²) < 4.78 is 24.8. The van der Waals surface area contributed by atoms with Crippen LogP contribution in [0.15, 0.2) is 97.1 Å². The largest absolute Gasteiger partial charge is 0.488 e. The van der Waals surface area contributed by atoms with Crippen LogP contribution in [0.5, 0.6) is 23.0 Å². The molecule has 0 aliphatic heterocycles. The van der Waals surface area contributed by atoms with Crippen molar-refractivity contribution in [3.05, 3.63) is 119 Å². The van der Waals surface area contributed by atoms with E-state index < -0.39 is 0 Å². The summed E-state index contributed by atoms with van der Waals surface area (Å²) in [6.07, 6.45) is 18.8. The smallest absolute Gasteiger partial charge is 0.120 e. The molecule has 4 aromatic rings. The fraction of sp³-hybridized carbons (Fsp3) is 0.657. The molecule has 2 atom stereocenters. The van der Waals surface area contributed by atoms with Gasteiger partial charge in [0.1, 0.15) is 45.4 Å². The van der Waals surface area contributed by atoms with Crippen LogP contribution in [-0.2, 0) is 10.8 Å². The molecule has 8 nitrogen and oxygen atoms in total. The van der Waals surface area contributed by atoms with E-state index >= 15 is 0 Å². The molecule has 0 bridgehead atoms. The predicted molar refractivity (Wildman–Crippen MR) is 337 cm³/mol. The Morgan fingerprint density at radius 3 is 0.974 bits per heavy atom. The number of benzene rings is 4. The van der Waals surface area contributed by atoms with Crippen LogP contribution in [0, 0.1) is 0 Å². The molecule has 78 heavy (non-hydrogen) atoms. The minimum atomic E-state index is -0.0466. The molecule has 2 fully saturated rings. The maximum absolute atomic E-state index is 7.00. The van der Waals surface area contributed by atoms with Gasteiger partial charge in [0.25, 0.3) is 0 Å². The zero-order valence-electron chi connectivity index (χ0n) is 54.1.